The van der Waals surface area contributed by atoms with Crippen LogP contribution in [-0.4, -0.2) is 0 Å². The van der Waals surface area contributed by atoms with Crippen molar-refractivity contribution in [2.24, 2.45) is 0 Å². The number of rotatable bonds is 0. The summed E-state index contributed by atoms with van der Waals surface area (Å²) in [6.45, 7) is 0. The van der Waals surface area contributed by atoms with Crippen molar-refractivity contribution in [1.82, 2.24) is 0 Å². The van der Waals surface area contributed by atoms with Crippen molar-refractivity contribution in [1.29, 1.82) is 0 Å². The van der Waals surface area contributed by atoms with E-state index in [4.69, 9.17) is 0 Å². The van der Waals surface area contributed by atoms with Crippen LogP contribution in [0.3, 0.4) is 0 Å². The zero-order valence-corrected chi connectivity index (χ0v) is 5.62. The first-order chi connectivity index (χ1) is 1.73. The van der Waals surface area contributed by atoms with E-state index in [1.165, 1.54) is 0 Å². The van der Waals surface area contributed by atoms with Gasteiger partial charge in [-0.15, -0.1) is 0 Å². The summed E-state index contributed by atoms with van der Waals surface area (Å²) in [5.41, 5.74) is 0. The molecule has 0 nitrogen and oxygen atoms in total. The first-order valence-electron chi connectivity index (χ1n) is 1.06. The Labute approximate surface area is 41.4 Å². The molecule has 0 aliphatic carbocycles. The molecule has 0 aromatic heterocycles. The standard InChI is InChI=1S/3CH3.Gd/h3*1H3;. The van der Waals surface area contributed by atoms with Crippen molar-refractivity contribution in [2.75, 3.05) is 0 Å². The third kappa shape index (κ3) is 10.2. The summed E-state index contributed by atoms with van der Waals surface area (Å²) in [7, 11) is 0. The Balaban J connectivity index is 2.32. The van der Waals surface area contributed by atoms with Gasteiger partial charge in [0.1, 0.15) is 0 Å². The molecule has 0 saturated heterocycles. The zero-order chi connectivity index (χ0) is 3.58. The van der Waals surface area contributed by atoms with Crippen molar-refractivity contribution in [3.05, 3.63) is 0 Å². The van der Waals surface area contributed by atoms with Crippen molar-refractivity contribution < 1.29 is 33.8 Å². The predicted molar refractivity (Wildman–Crippen MR) is 17.6 cm³/mol. The van der Waals surface area contributed by atoms with Crippen LogP contribution in [0.25, 0.3) is 0 Å². The Morgan fingerprint density at radius 3 is 1.00 bits per heavy atom. The molecule has 0 bridgehead atoms. The van der Waals surface area contributed by atoms with Crippen LogP contribution in [0.2, 0.25) is 8.11 Å². The van der Waals surface area contributed by atoms with E-state index in [1.54, 1.807) is 0 Å². The van der Waals surface area contributed by atoms with E-state index < -0.39 is 33.8 Å². The SMILES string of the molecule is [CH3][Gd]([CH3])[CH3]. The average molecular weight is 202 g/mol. The van der Waals surface area contributed by atoms with E-state index in [0.717, 1.165) is 0 Å². The molecule has 0 saturated carbocycles. The van der Waals surface area contributed by atoms with Crippen LogP contribution in [0.4, 0.5) is 0 Å². The van der Waals surface area contributed by atoms with E-state index in [-0.39, 0.29) is 0 Å². The first kappa shape index (κ1) is 5.32. The second-order valence-corrected chi connectivity index (χ2v) is 7.87. The van der Waals surface area contributed by atoms with Gasteiger partial charge in [-0.1, -0.05) is 0 Å². The van der Waals surface area contributed by atoms with Gasteiger partial charge in [-0.2, -0.15) is 0 Å². The maximum atomic E-state index is 2.34. The fraction of sp³-hybridized carbons (Fsp3) is 1.00. The quantitative estimate of drug-likeness (QED) is 0.561. The molecule has 0 heterocycles. The summed E-state index contributed by atoms with van der Waals surface area (Å²) >= 11 is -0.398. The molecule has 0 aliphatic rings. The number of hydrogen-bond acceptors (Lipinski definition) is 0. The normalized spacial score (nSPS) is 11.2. The second-order valence-electron chi connectivity index (χ2n) is 1.06. The van der Waals surface area contributed by atoms with E-state index in [9.17, 15) is 0 Å². The summed E-state index contributed by atoms with van der Waals surface area (Å²) in [6.07, 6.45) is 0. The zero-order valence-electron chi connectivity index (χ0n) is 3.35. The monoisotopic (exact) mass is 203 g/mol. The Hall–Kier alpha value is 1.32. The van der Waals surface area contributed by atoms with Crippen LogP contribution in [0.1, 0.15) is 0 Å². The summed E-state index contributed by atoms with van der Waals surface area (Å²) in [5, 5.41) is 0. The first-order valence-corrected chi connectivity index (χ1v) is 7.87. The van der Waals surface area contributed by atoms with Gasteiger partial charge < -0.3 is 0 Å². The molecule has 0 unspecified atom stereocenters. The van der Waals surface area contributed by atoms with E-state index in [2.05, 4.69) is 8.11 Å². The minimum atomic E-state index is -0.398. The summed E-state index contributed by atoms with van der Waals surface area (Å²) < 4.78 is 7.03. The second kappa shape index (κ2) is 2.56. The predicted octanol–water partition coefficient (Wildman–Crippen LogP) is 1.75. The molecule has 0 amide bonds. The fourth-order valence-electron chi connectivity index (χ4n) is 0. The van der Waals surface area contributed by atoms with Crippen LogP contribution in [0.15, 0.2) is 0 Å². The molecule has 0 N–H and O–H groups in total. The Morgan fingerprint density at radius 1 is 1.00 bits per heavy atom. The van der Waals surface area contributed by atoms with Gasteiger partial charge in [0.05, 0.1) is 0 Å². The fourth-order valence-corrected chi connectivity index (χ4v) is 0. The van der Waals surface area contributed by atoms with Gasteiger partial charge in [-0.3, -0.25) is 0 Å². The van der Waals surface area contributed by atoms with Crippen molar-refractivity contribution in [2.45, 2.75) is 8.11 Å². The molecule has 4 heavy (non-hydrogen) atoms. The van der Waals surface area contributed by atoms with E-state index in [0.29, 0.717) is 0 Å². The van der Waals surface area contributed by atoms with Crippen LogP contribution in [0, 0.1) is 33.8 Å². The number of hydrogen-bond donors (Lipinski definition) is 0. The molecular formula is C3H9Gd. The molecule has 0 atom stereocenters. The molecule has 0 rings (SSSR count). The van der Waals surface area contributed by atoms with E-state index >= 15 is 0 Å². The summed E-state index contributed by atoms with van der Waals surface area (Å²) in [6, 6.07) is 0. The summed E-state index contributed by atoms with van der Waals surface area (Å²) in [5.74, 6) is 0. The van der Waals surface area contributed by atoms with Gasteiger partial charge in [-0.05, 0) is 0 Å². The molecule has 0 spiro atoms. The third-order valence-electron chi connectivity index (χ3n) is 0. The van der Waals surface area contributed by atoms with E-state index in [1.807, 2.05) is 0 Å². The third-order valence-corrected chi connectivity index (χ3v) is 0. The topological polar surface area (TPSA) is 0 Å². The molecular weight excluding hydrogens is 193 g/mol. The average Bonchev–Trinajstić information content (AvgIpc) is 0.811. The molecule has 0 radical (unpaired) electrons. The van der Waals surface area contributed by atoms with Crippen molar-refractivity contribution >= 4 is 0 Å². The minimum absolute atomic E-state index is 0.398. The van der Waals surface area contributed by atoms with Gasteiger partial charge in [0.15, 0.2) is 0 Å². The molecule has 0 aromatic carbocycles. The molecule has 1 heteroatoms. The van der Waals surface area contributed by atoms with Gasteiger partial charge in [0.25, 0.3) is 0 Å². The van der Waals surface area contributed by atoms with Crippen molar-refractivity contribution in [3.63, 3.8) is 0 Å². The molecule has 0 aliphatic heterocycles. The Morgan fingerprint density at radius 2 is 1.00 bits per heavy atom. The van der Waals surface area contributed by atoms with Crippen LogP contribution < -0.4 is 0 Å². The van der Waals surface area contributed by atoms with Crippen LogP contribution in [0.5, 0.6) is 0 Å². The van der Waals surface area contributed by atoms with Gasteiger partial charge >= 0.3 is 42.0 Å². The molecule has 0 aromatic rings. The maximum absolute atomic E-state index is 2.34. The van der Waals surface area contributed by atoms with Crippen molar-refractivity contribution in [3.8, 4) is 0 Å². The Bertz CT molecular complexity index is 8.00. The molecule has 29 valence electrons. The van der Waals surface area contributed by atoms with Gasteiger partial charge in [-0.25, -0.2) is 0 Å². The van der Waals surface area contributed by atoms with Crippen LogP contribution >= 0.6 is 0 Å². The Kier molecular flexibility index (Phi) is 3.40. The van der Waals surface area contributed by atoms with Gasteiger partial charge in [0.2, 0.25) is 0 Å². The molecule has 0 fully saturated rings. The van der Waals surface area contributed by atoms with Crippen LogP contribution in [-0.2, 0) is 0 Å². The van der Waals surface area contributed by atoms with Gasteiger partial charge in [0, 0.05) is 0 Å². The summed E-state index contributed by atoms with van der Waals surface area (Å²) in [4.78, 5) is 0.